The van der Waals surface area contributed by atoms with Gasteiger partial charge in [-0.3, -0.25) is 4.79 Å². The second-order valence-corrected chi connectivity index (χ2v) is 3.30. The van der Waals surface area contributed by atoms with Crippen LogP contribution in [0.3, 0.4) is 0 Å². The molecule has 0 saturated carbocycles. The maximum absolute atomic E-state index is 12.8. The van der Waals surface area contributed by atoms with Crippen LogP contribution in [0.1, 0.15) is 0 Å². The summed E-state index contributed by atoms with van der Waals surface area (Å²) in [5.41, 5.74) is -0.405. The van der Waals surface area contributed by atoms with Crippen LogP contribution in [0.4, 0.5) is 4.39 Å². The summed E-state index contributed by atoms with van der Waals surface area (Å²) in [6.45, 7) is 0. The van der Waals surface area contributed by atoms with Crippen LogP contribution in [0.2, 0.25) is 5.02 Å². The van der Waals surface area contributed by atoms with Crippen molar-refractivity contribution in [3.05, 3.63) is 39.7 Å². The number of H-pyrrole nitrogens is 1. The molecule has 0 radical (unpaired) electrons. The largest absolute Gasteiger partial charge is 0.492 e. The van der Waals surface area contributed by atoms with Crippen LogP contribution in [-0.2, 0) is 0 Å². The van der Waals surface area contributed by atoms with Gasteiger partial charge in [-0.2, -0.15) is 9.37 Å². The lowest BCUT2D eigenvalue weighted by Crippen LogP contribution is -2.09. The van der Waals surface area contributed by atoms with Gasteiger partial charge in [0.1, 0.15) is 5.82 Å². The summed E-state index contributed by atoms with van der Waals surface area (Å²) in [4.78, 5) is 20.5. The first-order valence-corrected chi connectivity index (χ1v) is 4.56. The molecule has 0 aliphatic carbocycles. The van der Waals surface area contributed by atoms with E-state index in [1.165, 1.54) is 12.3 Å². The Hall–Kier alpha value is -1.95. The standard InChI is InChI=1S/C9H5ClFN3O2/c10-6-8(15)13-7(14-9(6)16)4-1-2-12-5(11)3-4/h1-3H,(H2,13,14,15,16). The van der Waals surface area contributed by atoms with E-state index in [-0.39, 0.29) is 11.4 Å². The van der Waals surface area contributed by atoms with Gasteiger partial charge in [0.15, 0.2) is 5.02 Å². The molecule has 7 heteroatoms. The van der Waals surface area contributed by atoms with E-state index in [1.54, 1.807) is 0 Å². The zero-order valence-corrected chi connectivity index (χ0v) is 8.49. The Labute approximate surface area is 93.6 Å². The van der Waals surface area contributed by atoms with Crippen molar-refractivity contribution in [3.8, 4) is 17.3 Å². The van der Waals surface area contributed by atoms with Crippen molar-refractivity contribution < 1.29 is 9.50 Å². The SMILES string of the molecule is O=c1[nH]c(-c2ccnc(F)c2)nc(O)c1Cl. The normalized spacial score (nSPS) is 10.4. The summed E-state index contributed by atoms with van der Waals surface area (Å²) in [6, 6.07) is 2.51. The van der Waals surface area contributed by atoms with Gasteiger partial charge in [-0.05, 0) is 6.07 Å². The van der Waals surface area contributed by atoms with Crippen LogP contribution in [-0.4, -0.2) is 20.1 Å². The third-order valence-corrected chi connectivity index (χ3v) is 2.19. The maximum Gasteiger partial charge on any atom is 0.273 e. The van der Waals surface area contributed by atoms with Crippen molar-refractivity contribution in [2.45, 2.75) is 0 Å². The van der Waals surface area contributed by atoms with Crippen LogP contribution in [0.15, 0.2) is 23.1 Å². The highest BCUT2D eigenvalue weighted by atomic mass is 35.5. The molecule has 2 aromatic rings. The van der Waals surface area contributed by atoms with Crippen molar-refractivity contribution in [1.29, 1.82) is 0 Å². The van der Waals surface area contributed by atoms with Gasteiger partial charge in [0.25, 0.3) is 5.56 Å². The molecule has 5 nitrogen and oxygen atoms in total. The second kappa shape index (κ2) is 3.90. The van der Waals surface area contributed by atoms with E-state index >= 15 is 0 Å². The lowest BCUT2D eigenvalue weighted by atomic mass is 10.2. The van der Waals surface area contributed by atoms with Gasteiger partial charge in [-0.1, -0.05) is 11.6 Å². The van der Waals surface area contributed by atoms with Gasteiger partial charge in [-0.15, -0.1) is 0 Å². The highest BCUT2D eigenvalue weighted by Crippen LogP contribution is 2.19. The minimum atomic E-state index is -0.713. The number of nitrogens with zero attached hydrogens (tertiary/aromatic N) is 2. The number of halogens is 2. The Morgan fingerprint density at radius 1 is 1.50 bits per heavy atom. The molecular weight excluding hydrogens is 237 g/mol. The summed E-state index contributed by atoms with van der Waals surface area (Å²) in [5.74, 6) is -1.29. The molecule has 0 saturated heterocycles. The molecule has 82 valence electrons. The van der Waals surface area contributed by atoms with Gasteiger partial charge >= 0.3 is 0 Å². The minimum Gasteiger partial charge on any atom is -0.492 e. The first-order chi connectivity index (χ1) is 7.58. The fraction of sp³-hybridized carbons (Fsp3) is 0. The van der Waals surface area contributed by atoms with E-state index in [1.807, 2.05) is 0 Å². The molecule has 0 unspecified atom stereocenters. The van der Waals surface area contributed by atoms with E-state index in [9.17, 15) is 14.3 Å². The van der Waals surface area contributed by atoms with E-state index < -0.39 is 22.4 Å². The lowest BCUT2D eigenvalue weighted by molar-refractivity contribution is 0.452. The molecule has 2 aromatic heterocycles. The molecule has 2 N–H and O–H groups in total. The Kier molecular flexibility index (Phi) is 2.57. The van der Waals surface area contributed by atoms with E-state index in [2.05, 4.69) is 15.0 Å². The smallest absolute Gasteiger partial charge is 0.273 e. The second-order valence-electron chi connectivity index (χ2n) is 2.92. The molecule has 0 aliphatic rings. The average molecular weight is 242 g/mol. The van der Waals surface area contributed by atoms with Crippen molar-refractivity contribution in [3.63, 3.8) is 0 Å². The van der Waals surface area contributed by atoms with Crippen molar-refractivity contribution in [1.82, 2.24) is 15.0 Å². The predicted molar refractivity (Wildman–Crippen MR) is 54.7 cm³/mol. The molecule has 2 heterocycles. The minimum absolute atomic E-state index is 0.0215. The van der Waals surface area contributed by atoms with Crippen LogP contribution in [0.25, 0.3) is 11.4 Å². The number of pyridine rings is 1. The van der Waals surface area contributed by atoms with E-state index in [4.69, 9.17) is 11.6 Å². The first kappa shape index (κ1) is 10.6. The first-order valence-electron chi connectivity index (χ1n) is 4.18. The predicted octanol–water partition coefficient (Wildman–Crippen LogP) is 1.33. The summed E-state index contributed by atoms with van der Waals surface area (Å²) < 4.78 is 12.8. The summed E-state index contributed by atoms with van der Waals surface area (Å²) in [7, 11) is 0. The Morgan fingerprint density at radius 2 is 2.25 bits per heavy atom. The van der Waals surface area contributed by atoms with Crippen molar-refractivity contribution in [2.24, 2.45) is 0 Å². The summed E-state index contributed by atoms with van der Waals surface area (Å²) in [6.07, 6.45) is 1.22. The number of hydrogen-bond acceptors (Lipinski definition) is 4. The molecule has 0 bridgehead atoms. The number of hydrogen-bond donors (Lipinski definition) is 2. The summed E-state index contributed by atoms with van der Waals surface area (Å²) in [5, 5.41) is 8.83. The molecule has 0 spiro atoms. The highest BCUT2D eigenvalue weighted by Gasteiger charge is 2.09. The lowest BCUT2D eigenvalue weighted by Gasteiger charge is -2.01. The Balaban J connectivity index is 2.61. The average Bonchev–Trinajstić information content (AvgIpc) is 2.25. The van der Waals surface area contributed by atoms with Crippen molar-refractivity contribution in [2.75, 3.05) is 0 Å². The van der Waals surface area contributed by atoms with Crippen molar-refractivity contribution >= 4 is 11.6 Å². The molecule has 0 aromatic carbocycles. The van der Waals surface area contributed by atoms with Crippen LogP contribution in [0, 0.1) is 5.95 Å². The molecule has 0 aliphatic heterocycles. The fourth-order valence-electron chi connectivity index (χ4n) is 1.13. The van der Waals surface area contributed by atoms with E-state index in [0.29, 0.717) is 0 Å². The fourth-order valence-corrected chi connectivity index (χ4v) is 1.22. The van der Waals surface area contributed by atoms with Gasteiger partial charge in [-0.25, -0.2) is 4.98 Å². The quantitative estimate of drug-likeness (QED) is 0.739. The van der Waals surface area contributed by atoms with Crippen LogP contribution >= 0.6 is 11.6 Å². The van der Waals surface area contributed by atoms with Gasteiger partial charge in [0, 0.05) is 17.8 Å². The number of nitrogens with one attached hydrogen (secondary N) is 1. The molecular formula is C9H5ClFN3O2. The van der Waals surface area contributed by atoms with Gasteiger partial charge in [0.05, 0.1) is 0 Å². The monoisotopic (exact) mass is 241 g/mol. The van der Waals surface area contributed by atoms with Gasteiger partial charge in [0.2, 0.25) is 11.8 Å². The topological polar surface area (TPSA) is 78.9 Å². The Bertz CT molecular complexity index is 600. The van der Waals surface area contributed by atoms with E-state index in [0.717, 1.165) is 6.07 Å². The van der Waals surface area contributed by atoms with Gasteiger partial charge < -0.3 is 10.1 Å². The third-order valence-electron chi connectivity index (χ3n) is 1.85. The number of aromatic hydroxyl groups is 1. The number of aromatic nitrogens is 3. The maximum atomic E-state index is 12.8. The highest BCUT2D eigenvalue weighted by molar-refractivity contribution is 6.31. The molecule has 2 rings (SSSR count). The zero-order valence-electron chi connectivity index (χ0n) is 7.74. The molecule has 0 amide bonds. The summed E-state index contributed by atoms with van der Waals surface area (Å²) >= 11 is 5.43. The van der Waals surface area contributed by atoms with Crippen LogP contribution < -0.4 is 5.56 Å². The Morgan fingerprint density at radius 3 is 2.88 bits per heavy atom. The molecule has 16 heavy (non-hydrogen) atoms. The van der Waals surface area contributed by atoms with Crippen LogP contribution in [0.5, 0.6) is 5.88 Å². The zero-order chi connectivity index (χ0) is 11.7. The molecule has 0 atom stereocenters. The number of rotatable bonds is 1. The molecule has 0 fully saturated rings. The number of aromatic amines is 1. The third kappa shape index (κ3) is 1.87.